The molecular formula is C13H19NO2. The van der Waals surface area contributed by atoms with Crippen LogP contribution in [-0.4, -0.2) is 10.3 Å². The minimum Gasteiger partial charge on any atom is -0.507 e. The molecule has 2 rings (SSSR count). The molecule has 3 nitrogen and oxygen atoms in total. The number of phenolic OH excluding ortho intramolecular Hbond substituents is 1. The predicted octanol–water partition coefficient (Wildman–Crippen LogP) is 2.37. The molecule has 3 heteroatoms. The topological polar surface area (TPSA) is 52.5 Å². The third kappa shape index (κ3) is 1.70. The molecule has 0 radical (unpaired) electrons. The van der Waals surface area contributed by atoms with Gasteiger partial charge in [0.15, 0.2) is 0 Å². The Bertz CT molecular complexity index is 413. The average Bonchev–Trinajstić information content (AvgIpc) is 2.32. The number of benzene rings is 1. The third-order valence-corrected chi connectivity index (χ3v) is 3.72. The summed E-state index contributed by atoms with van der Waals surface area (Å²) in [4.78, 5) is 0. The summed E-state index contributed by atoms with van der Waals surface area (Å²) in [6.45, 7) is 4.32. The summed E-state index contributed by atoms with van der Waals surface area (Å²) in [7, 11) is 0. The van der Waals surface area contributed by atoms with Gasteiger partial charge in [0.25, 0.3) is 0 Å². The Morgan fingerprint density at radius 1 is 1.06 bits per heavy atom. The number of phenols is 1. The van der Waals surface area contributed by atoms with Gasteiger partial charge in [-0.1, -0.05) is 0 Å². The van der Waals surface area contributed by atoms with Crippen molar-refractivity contribution in [2.75, 3.05) is 0 Å². The molecule has 1 aliphatic rings. The Morgan fingerprint density at radius 2 is 1.62 bits per heavy atom. The van der Waals surface area contributed by atoms with Gasteiger partial charge in [0.2, 0.25) is 0 Å². The van der Waals surface area contributed by atoms with Crippen LogP contribution < -0.4 is 5.48 Å². The molecule has 3 N–H and O–H groups in total. The van der Waals surface area contributed by atoms with Crippen molar-refractivity contribution in [3.8, 4) is 5.75 Å². The molecule has 16 heavy (non-hydrogen) atoms. The van der Waals surface area contributed by atoms with Crippen LogP contribution in [0.4, 0.5) is 0 Å². The first-order valence-electron chi connectivity index (χ1n) is 5.86. The van der Waals surface area contributed by atoms with Crippen LogP contribution in [0.1, 0.15) is 40.7 Å². The smallest absolute Gasteiger partial charge is 0.123 e. The van der Waals surface area contributed by atoms with Gasteiger partial charge in [-0.05, 0) is 61.8 Å². The summed E-state index contributed by atoms with van der Waals surface area (Å²) >= 11 is 0. The molecular weight excluding hydrogens is 202 g/mol. The van der Waals surface area contributed by atoms with Crippen LogP contribution in [0.2, 0.25) is 0 Å². The number of fused-ring (bicyclic) bond motifs is 1. The van der Waals surface area contributed by atoms with Gasteiger partial charge in [0.1, 0.15) is 5.75 Å². The number of hydroxylamine groups is 1. The van der Waals surface area contributed by atoms with Gasteiger partial charge < -0.3 is 10.3 Å². The van der Waals surface area contributed by atoms with Gasteiger partial charge in [0.05, 0.1) is 0 Å². The number of hydrogen-bond donors (Lipinski definition) is 3. The SMILES string of the molecule is Cc1c(O)c(CNO)c(C)c2c1CCCC2. The largest absolute Gasteiger partial charge is 0.507 e. The van der Waals surface area contributed by atoms with Crippen LogP contribution >= 0.6 is 0 Å². The molecule has 0 saturated carbocycles. The van der Waals surface area contributed by atoms with Crippen molar-refractivity contribution in [3.63, 3.8) is 0 Å². The van der Waals surface area contributed by atoms with E-state index in [0.29, 0.717) is 12.3 Å². The maximum absolute atomic E-state index is 10.1. The zero-order chi connectivity index (χ0) is 11.7. The molecule has 0 aliphatic heterocycles. The highest BCUT2D eigenvalue weighted by Gasteiger charge is 2.20. The fourth-order valence-corrected chi connectivity index (χ4v) is 2.76. The van der Waals surface area contributed by atoms with Crippen molar-refractivity contribution >= 4 is 0 Å². The molecule has 0 saturated heterocycles. The fourth-order valence-electron chi connectivity index (χ4n) is 2.76. The van der Waals surface area contributed by atoms with Crippen LogP contribution in [0, 0.1) is 13.8 Å². The van der Waals surface area contributed by atoms with Crippen LogP contribution in [0.25, 0.3) is 0 Å². The van der Waals surface area contributed by atoms with E-state index in [-0.39, 0.29) is 0 Å². The second-order valence-corrected chi connectivity index (χ2v) is 4.58. The number of rotatable bonds is 2. The molecule has 0 heterocycles. The second-order valence-electron chi connectivity index (χ2n) is 4.58. The Balaban J connectivity index is 2.60. The molecule has 1 aromatic carbocycles. The molecule has 0 spiro atoms. The Labute approximate surface area is 96.1 Å². The van der Waals surface area contributed by atoms with E-state index in [4.69, 9.17) is 5.21 Å². The van der Waals surface area contributed by atoms with Gasteiger partial charge in [-0.3, -0.25) is 0 Å². The Morgan fingerprint density at radius 3 is 2.19 bits per heavy atom. The van der Waals surface area contributed by atoms with Gasteiger partial charge in [-0.25, -0.2) is 5.48 Å². The van der Waals surface area contributed by atoms with Crippen LogP contribution in [0.5, 0.6) is 5.75 Å². The third-order valence-electron chi connectivity index (χ3n) is 3.72. The summed E-state index contributed by atoms with van der Waals surface area (Å²) in [5.41, 5.74) is 7.81. The van der Waals surface area contributed by atoms with Crippen molar-refractivity contribution in [3.05, 3.63) is 27.8 Å². The van der Waals surface area contributed by atoms with Crippen molar-refractivity contribution in [1.82, 2.24) is 5.48 Å². The molecule has 0 unspecified atom stereocenters. The zero-order valence-electron chi connectivity index (χ0n) is 9.93. The lowest BCUT2D eigenvalue weighted by Gasteiger charge is -2.24. The molecule has 1 aliphatic carbocycles. The van der Waals surface area contributed by atoms with E-state index in [1.807, 2.05) is 13.8 Å². The predicted molar refractivity (Wildman–Crippen MR) is 62.8 cm³/mol. The Kier molecular flexibility index (Phi) is 3.17. The molecule has 1 aromatic rings. The summed E-state index contributed by atoms with van der Waals surface area (Å²) in [6.07, 6.45) is 4.61. The number of nitrogens with one attached hydrogen (secondary N) is 1. The van der Waals surface area contributed by atoms with Crippen molar-refractivity contribution < 1.29 is 10.3 Å². The van der Waals surface area contributed by atoms with Crippen molar-refractivity contribution in [2.24, 2.45) is 0 Å². The summed E-state index contributed by atoms with van der Waals surface area (Å²) in [5, 5.41) is 18.9. The van der Waals surface area contributed by atoms with Gasteiger partial charge in [-0.2, -0.15) is 0 Å². The van der Waals surface area contributed by atoms with Crippen molar-refractivity contribution in [2.45, 2.75) is 46.1 Å². The van der Waals surface area contributed by atoms with E-state index in [1.54, 1.807) is 0 Å². The van der Waals surface area contributed by atoms with Gasteiger partial charge >= 0.3 is 0 Å². The minimum absolute atomic E-state index is 0.311. The minimum atomic E-state index is 0.311. The molecule has 0 aromatic heterocycles. The normalized spacial score (nSPS) is 14.9. The second kappa shape index (κ2) is 4.44. The first-order valence-corrected chi connectivity index (χ1v) is 5.86. The molecule has 0 bridgehead atoms. The number of aromatic hydroxyl groups is 1. The monoisotopic (exact) mass is 221 g/mol. The summed E-state index contributed by atoms with van der Waals surface area (Å²) in [5.74, 6) is 0.347. The van der Waals surface area contributed by atoms with E-state index in [9.17, 15) is 5.11 Å². The first-order chi connectivity index (χ1) is 7.66. The van der Waals surface area contributed by atoms with Crippen LogP contribution in [-0.2, 0) is 19.4 Å². The quantitative estimate of drug-likeness (QED) is 0.672. The standard InChI is InChI=1S/C13H19NO2/c1-8-10-5-3-4-6-11(10)9(2)13(15)12(8)7-14-16/h14-16H,3-7H2,1-2H3. The maximum atomic E-state index is 10.1. The Hall–Kier alpha value is -1.06. The molecule has 88 valence electrons. The van der Waals surface area contributed by atoms with Gasteiger partial charge in [0, 0.05) is 12.1 Å². The first kappa shape index (κ1) is 11.4. The molecule has 0 fully saturated rings. The fraction of sp³-hybridized carbons (Fsp3) is 0.538. The molecule has 0 amide bonds. The lowest BCUT2D eigenvalue weighted by atomic mass is 9.83. The van der Waals surface area contributed by atoms with Gasteiger partial charge in [-0.15, -0.1) is 0 Å². The zero-order valence-corrected chi connectivity index (χ0v) is 9.93. The summed E-state index contributed by atoms with van der Waals surface area (Å²) < 4.78 is 0. The van der Waals surface area contributed by atoms with E-state index in [1.165, 1.54) is 24.0 Å². The summed E-state index contributed by atoms with van der Waals surface area (Å²) in [6, 6.07) is 0. The van der Waals surface area contributed by atoms with E-state index in [2.05, 4.69) is 5.48 Å². The van der Waals surface area contributed by atoms with E-state index in [0.717, 1.165) is 29.5 Å². The highest BCUT2D eigenvalue weighted by molar-refractivity contribution is 5.55. The van der Waals surface area contributed by atoms with E-state index >= 15 is 0 Å². The maximum Gasteiger partial charge on any atom is 0.123 e. The highest BCUT2D eigenvalue weighted by Crippen LogP contribution is 2.36. The van der Waals surface area contributed by atoms with E-state index < -0.39 is 0 Å². The van der Waals surface area contributed by atoms with Crippen molar-refractivity contribution in [1.29, 1.82) is 0 Å². The van der Waals surface area contributed by atoms with Crippen LogP contribution in [0.15, 0.2) is 0 Å². The highest BCUT2D eigenvalue weighted by atomic mass is 16.5. The number of hydrogen-bond acceptors (Lipinski definition) is 3. The van der Waals surface area contributed by atoms with Crippen LogP contribution in [0.3, 0.4) is 0 Å². The molecule has 0 atom stereocenters. The average molecular weight is 221 g/mol. The lowest BCUT2D eigenvalue weighted by Crippen LogP contribution is -2.14. The lowest BCUT2D eigenvalue weighted by molar-refractivity contribution is 0.160.